The fourth-order valence-electron chi connectivity index (χ4n) is 0.735. The third kappa shape index (κ3) is 8.22. The van der Waals surface area contributed by atoms with Gasteiger partial charge in [0, 0.05) is 6.42 Å². The van der Waals surface area contributed by atoms with Crippen molar-refractivity contribution < 1.29 is 14.9 Å². The van der Waals surface area contributed by atoms with Gasteiger partial charge in [-0.25, -0.2) is 0 Å². The van der Waals surface area contributed by atoms with E-state index >= 15 is 0 Å². The van der Waals surface area contributed by atoms with Crippen molar-refractivity contribution in [2.45, 2.75) is 51.4 Å². The SMILES string of the molecule is [CH2]C[C@H](O)C[C@H](O)[CH]OC(C)(C)C. The third-order valence-electron chi connectivity index (χ3n) is 1.43. The number of aliphatic hydroxyl groups excluding tert-OH is 2. The molecule has 0 unspecified atom stereocenters. The van der Waals surface area contributed by atoms with Crippen molar-refractivity contribution in [1.29, 1.82) is 0 Å². The van der Waals surface area contributed by atoms with Crippen LogP contribution in [0.15, 0.2) is 0 Å². The van der Waals surface area contributed by atoms with Gasteiger partial charge in [0.05, 0.1) is 17.8 Å². The zero-order valence-electron chi connectivity index (χ0n) is 8.66. The lowest BCUT2D eigenvalue weighted by molar-refractivity contribution is -0.0144. The molecule has 3 heteroatoms. The van der Waals surface area contributed by atoms with Crippen molar-refractivity contribution in [3.05, 3.63) is 13.5 Å². The van der Waals surface area contributed by atoms with Crippen LogP contribution in [0, 0.1) is 13.5 Å². The molecule has 0 aliphatic heterocycles. The molecule has 0 aromatic heterocycles. The summed E-state index contributed by atoms with van der Waals surface area (Å²) in [6, 6.07) is 0. The quantitative estimate of drug-likeness (QED) is 0.683. The largest absolute Gasteiger partial charge is 0.393 e. The molecule has 0 heterocycles. The predicted molar refractivity (Wildman–Crippen MR) is 51.7 cm³/mol. The monoisotopic (exact) mass is 188 g/mol. The molecule has 2 atom stereocenters. The second kappa shape index (κ2) is 5.58. The topological polar surface area (TPSA) is 49.7 Å². The fourth-order valence-corrected chi connectivity index (χ4v) is 0.735. The normalized spacial score (nSPS) is 17.1. The molecule has 0 bridgehead atoms. The van der Waals surface area contributed by atoms with Gasteiger partial charge >= 0.3 is 0 Å². The van der Waals surface area contributed by atoms with Crippen molar-refractivity contribution in [3.8, 4) is 0 Å². The van der Waals surface area contributed by atoms with Crippen LogP contribution in [-0.4, -0.2) is 28.0 Å². The first-order chi connectivity index (χ1) is 5.85. The van der Waals surface area contributed by atoms with Gasteiger partial charge in [0.15, 0.2) is 0 Å². The molecule has 0 amide bonds. The second-order valence-electron chi connectivity index (χ2n) is 4.11. The smallest absolute Gasteiger partial charge is 0.113 e. The van der Waals surface area contributed by atoms with Crippen LogP contribution in [-0.2, 0) is 4.74 Å². The highest BCUT2D eigenvalue weighted by Gasteiger charge is 2.16. The molecular formula is C10H20O3. The van der Waals surface area contributed by atoms with Crippen molar-refractivity contribution in [2.24, 2.45) is 0 Å². The minimum Gasteiger partial charge on any atom is -0.393 e. The second-order valence-corrected chi connectivity index (χ2v) is 4.11. The molecule has 2 N–H and O–H groups in total. The molecule has 13 heavy (non-hydrogen) atoms. The Hall–Kier alpha value is -0.120. The summed E-state index contributed by atoms with van der Waals surface area (Å²) in [6.07, 6.45) is -0.606. The lowest BCUT2D eigenvalue weighted by atomic mass is 10.1. The lowest BCUT2D eigenvalue weighted by Crippen LogP contribution is -2.24. The van der Waals surface area contributed by atoms with Gasteiger partial charge in [0.25, 0.3) is 0 Å². The van der Waals surface area contributed by atoms with Gasteiger partial charge < -0.3 is 14.9 Å². The summed E-state index contributed by atoms with van der Waals surface area (Å²) >= 11 is 0. The van der Waals surface area contributed by atoms with Gasteiger partial charge in [-0.15, -0.1) is 0 Å². The van der Waals surface area contributed by atoms with E-state index in [4.69, 9.17) is 9.84 Å². The first-order valence-corrected chi connectivity index (χ1v) is 4.51. The highest BCUT2D eigenvalue weighted by Crippen LogP contribution is 2.12. The molecule has 0 fully saturated rings. The minimum atomic E-state index is -0.726. The Kier molecular flexibility index (Phi) is 5.53. The Morgan fingerprint density at radius 2 is 1.92 bits per heavy atom. The Labute approximate surface area is 80.7 Å². The van der Waals surface area contributed by atoms with E-state index in [1.54, 1.807) is 0 Å². The summed E-state index contributed by atoms with van der Waals surface area (Å²) in [5.74, 6) is 0. The average Bonchev–Trinajstić information content (AvgIpc) is 1.99. The van der Waals surface area contributed by atoms with E-state index in [0.717, 1.165) is 0 Å². The summed E-state index contributed by atoms with van der Waals surface area (Å²) in [5, 5.41) is 18.5. The number of ether oxygens (including phenoxy) is 1. The third-order valence-corrected chi connectivity index (χ3v) is 1.43. The number of aliphatic hydroxyl groups is 2. The van der Waals surface area contributed by atoms with Crippen molar-refractivity contribution in [3.63, 3.8) is 0 Å². The van der Waals surface area contributed by atoms with Crippen LogP contribution in [0.25, 0.3) is 0 Å². The van der Waals surface area contributed by atoms with Crippen LogP contribution in [0.3, 0.4) is 0 Å². The Morgan fingerprint density at radius 3 is 2.31 bits per heavy atom. The maximum atomic E-state index is 9.35. The molecule has 2 radical (unpaired) electrons. The number of rotatable bonds is 5. The minimum absolute atomic E-state index is 0.277. The van der Waals surface area contributed by atoms with E-state index < -0.39 is 12.2 Å². The maximum Gasteiger partial charge on any atom is 0.113 e. The summed E-state index contributed by atoms with van der Waals surface area (Å²) in [4.78, 5) is 0. The van der Waals surface area contributed by atoms with Gasteiger partial charge in [-0.2, -0.15) is 0 Å². The Balaban J connectivity index is 3.57. The van der Waals surface area contributed by atoms with E-state index in [-0.39, 0.29) is 12.0 Å². The molecule has 0 saturated carbocycles. The van der Waals surface area contributed by atoms with Crippen molar-refractivity contribution >= 4 is 0 Å². The van der Waals surface area contributed by atoms with Crippen LogP contribution >= 0.6 is 0 Å². The summed E-state index contributed by atoms with van der Waals surface area (Å²) in [7, 11) is 0. The first-order valence-electron chi connectivity index (χ1n) is 4.51. The van der Waals surface area contributed by atoms with Gasteiger partial charge in [0.1, 0.15) is 6.61 Å². The molecule has 3 nitrogen and oxygen atoms in total. The fraction of sp³-hybridized carbons (Fsp3) is 0.800. The molecule has 78 valence electrons. The highest BCUT2D eigenvalue weighted by atomic mass is 16.5. The first kappa shape index (κ1) is 12.9. The molecular weight excluding hydrogens is 168 g/mol. The zero-order valence-corrected chi connectivity index (χ0v) is 8.66. The molecule has 0 aliphatic rings. The molecule has 0 aromatic rings. The summed E-state index contributed by atoms with van der Waals surface area (Å²) in [5.41, 5.74) is -0.295. The van der Waals surface area contributed by atoms with E-state index in [9.17, 15) is 5.11 Å². The number of hydrogen-bond donors (Lipinski definition) is 2. The van der Waals surface area contributed by atoms with E-state index in [1.165, 1.54) is 6.61 Å². The summed E-state index contributed by atoms with van der Waals surface area (Å²) in [6.45, 7) is 10.6. The summed E-state index contributed by atoms with van der Waals surface area (Å²) < 4.78 is 5.23. The molecule has 0 aromatic carbocycles. The molecule has 0 rings (SSSR count). The van der Waals surface area contributed by atoms with E-state index in [2.05, 4.69) is 6.92 Å². The Bertz CT molecular complexity index is 129. The zero-order chi connectivity index (χ0) is 10.5. The van der Waals surface area contributed by atoms with Crippen molar-refractivity contribution in [2.75, 3.05) is 0 Å². The van der Waals surface area contributed by atoms with Crippen LogP contribution in [0.4, 0.5) is 0 Å². The standard InChI is InChI=1S/C10H20O3/c1-5-8(11)6-9(12)7-13-10(2,3)4/h7-9,11-12H,1,5-6H2,2-4H3/t8-,9-/m0/s1. The average molecular weight is 188 g/mol. The lowest BCUT2D eigenvalue weighted by Gasteiger charge is -2.22. The number of hydrogen-bond acceptors (Lipinski definition) is 3. The Morgan fingerprint density at radius 1 is 1.38 bits per heavy atom. The van der Waals surface area contributed by atoms with Gasteiger partial charge in [-0.1, -0.05) is 6.92 Å². The van der Waals surface area contributed by atoms with Crippen LogP contribution in [0.2, 0.25) is 0 Å². The van der Waals surface area contributed by atoms with Crippen LogP contribution in [0.5, 0.6) is 0 Å². The van der Waals surface area contributed by atoms with E-state index in [0.29, 0.717) is 6.42 Å². The maximum absolute atomic E-state index is 9.35. The highest BCUT2D eigenvalue weighted by molar-refractivity contribution is 4.74. The van der Waals surface area contributed by atoms with Crippen molar-refractivity contribution in [1.82, 2.24) is 0 Å². The van der Waals surface area contributed by atoms with Crippen LogP contribution < -0.4 is 0 Å². The molecule has 0 saturated heterocycles. The van der Waals surface area contributed by atoms with Crippen LogP contribution in [0.1, 0.15) is 33.6 Å². The molecule has 0 aliphatic carbocycles. The predicted octanol–water partition coefficient (Wildman–Crippen LogP) is 1.30. The van der Waals surface area contributed by atoms with Gasteiger partial charge in [0.2, 0.25) is 0 Å². The molecule has 0 spiro atoms. The van der Waals surface area contributed by atoms with Gasteiger partial charge in [-0.3, -0.25) is 0 Å². The van der Waals surface area contributed by atoms with Gasteiger partial charge in [-0.05, 0) is 27.2 Å². The van der Waals surface area contributed by atoms with E-state index in [1.807, 2.05) is 20.8 Å².